The van der Waals surface area contributed by atoms with Crippen molar-refractivity contribution in [3.63, 3.8) is 0 Å². The van der Waals surface area contributed by atoms with Crippen molar-refractivity contribution in [2.45, 2.75) is 56.9 Å². The van der Waals surface area contributed by atoms with E-state index in [0.29, 0.717) is 17.8 Å². The molecule has 4 aliphatic rings. The minimum absolute atomic E-state index is 0.124. The molecule has 4 saturated carbocycles. The number of halogens is 1. The molecule has 0 saturated heterocycles. The Hall–Kier alpha value is -0.690. The van der Waals surface area contributed by atoms with Crippen molar-refractivity contribution in [3.05, 3.63) is 0 Å². The Morgan fingerprint density at radius 2 is 1.68 bits per heavy atom. The van der Waals surface area contributed by atoms with Gasteiger partial charge in [0.15, 0.2) is 0 Å². The van der Waals surface area contributed by atoms with Crippen LogP contribution in [0.3, 0.4) is 0 Å². The minimum Gasteiger partial charge on any atom is -0.463 e. The first-order chi connectivity index (χ1) is 10.2. The first-order valence-electron chi connectivity index (χ1n) is 8.01. The van der Waals surface area contributed by atoms with Gasteiger partial charge in [-0.15, -0.1) is 0 Å². The van der Waals surface area contributed by atoms with Gasteiger partial charge in [-0.05, 0) is 68.6 Å². The van der Waals surface area contributed by atoms with Crippen molar-refractivity contribution in [1.29, 1.82) is 0 Å². The van der Waals surface area contributed by atoms with Crippen LogP contribution in [-0.4, -0.2) is 30.5 Å². The summed E-state index contributed by atoms with van der Waals surface area (Å²) in [5.41, 5.74) is -0.494. The van der Waals surface area contributed by atoms with Gasteiger partial charge in [0.2, 0.25) is 0 Å². The van der Waals surface area contributed by atoms with Gasteiger partial charge in [-0.25, -0.2) is 9.18 Å². The lowest BCUT2D eigenvalue weighted by molar-refractivity contribution is -0.157. The zero-order valence-corrected chi connectivity index (χ0v) is 13.6. The third-order valence-corrected chi connectivity index (χ3v) is 6.89. The van der Waals surface area contributed by atoms with Gasteiger partial charge in [-0.3, -0.25) is 4.55 Å². The molecule has 4 rings (SSSR count). The van der Waals surface area contributed by atoms with E-state index in [2.05, 4.69) is 4.74 Å². The van der Waals surface area contributed by atoms with E-state index in [1.807, 2.05) is 0 Å². The highest BCUT2D eigenvalue weighted by atomic mass is 32.2. The monoisotopic (exact) mass is 334 g/mol. The van der Waals surface area contributed by atoms with Crippen molar-refractivity contribution in [2.75, 3.05) is 6.61 Å². The second kappa shape index (κ2) is 5.16. The van der Waals surface area contributed by atoms with Crippen molar-refractivity contribution in [2.24, 2.45) is 23.2 Å². The molecule has 0 radical (unpaired) electrons. The summed E-state index contributed by atoms with van der Waals surface area (Å²) in [6.07, 6.45) is 5.16. The van der Waals surface area contributed by atoms with Crippen LogP contribution in [0.4, 0.5) is 4.39 Å². The van der Waals surface area contributed by atoms with E-state index in [1.54, 1.807) is 0 Å². The number of carbonyl (C=O) groups excluding carboxylic acids is 1. The fraction of sp³-hybridized carbons (Fsp3) is 0.933. The topological polar surface area (TPSA) is 80.7 Å². The second-order valence-electron chi connectivity index (χ2n) is 7.52. The van der Waals surface area contributed by atoms with Crippen molar-refractivity contribution in [3.8, 4) is 0 Å². The maximum atomic E-state index is 15.1. The van der Waals surface area contributed by atoms with Crippen LogP contribution in [0.25, 0.3) is 0 Å². The molecule has 4 aliphatic carbocycles. The maximum absolute atomic E-state index is 15.1. The second-order valence-corrected chi connectivity index (χ2v) is 9.12. The van der Waals surface area contributed by atoms with Crippen molar-refractivity contribution < 1.29 is 26.9 Å². The predicted octanol–water partition coefficient (Wildman–Crippen LogP) is 2.71. The quantitative estimate of drug-likeness (QED) is 0.617. The van der Waals surface area contributed by atoms with E-state index in [-0.39, 0.29) is 6.61 Å². The zero-order valence-electron chi connectivity index (χ0n) is 12.8. The number of alkyl halides is 1. The summed E-state index contributed by atoms with van der Waals surface area (Å²) in [5.74, 6) is 0.0190. The zero-order chi connectivity index (χ0) is 16.2. The number of rotatable bonds is 5. The van der Waals surface area contributed by atoms with E-state index in [4.69, 9.17) is 0 Å². The third-order valence-electron chi connectivity index (χ3n) is 5.76. The van der Waals surface area contributed by atoms with E-state index in [0.717, 1.165) is 38.5 Å². The molecule has 1 atom stereocenters. The van der Waals surface area contributed by atoms with Gasteiger partial charge >= 0.3 is 21.1 Å². The maximum Gasteiger partial charge on any atom is 0.362 e. The Kier molecular flexibility index (Phi) is 3.79. The fourth-order valence-electron chi connectivity index (χ4n) is 5.50. The van der Waals surface area contributed by atoms with Crippen molar-refractivity contribution >= 4 is 16.1 Å². The summed E-state index contributed by atoms with van der Waals surface area (Å²) in [6.45, 7) is 1.36. The number of carbonyl (C=O) groups is 1. The van der Waals surface area contributed by atoms with E-state index in [9.17, 15) is 17.8 Å². The molecule has 4 bridgehead atoms. The smallest absolute Gasteiger partial charge is 0.362 e. The lowest BCUT2D eigenvalue weighted by Crippen LogP contribution is -2.53. The average Bonchev–Trinajstić information content (AvgIpc) is 2.35. The van der Waals surface area contributed by atoms with Gasteiger partial charge in [-0.1, -0.05) is 0 Å². The number of ether oxygens (including phenoxy) is 1. The van der Waals surface area contributed by atoms with E-state index < -0.39 is 32.9 Å². The lowest BCUT2D eigenvalue weighted by Gasteiger charge is -2.57. The van der Waals surface area contributed by atoms with Crippen molar-refractivity contribution in [1.82, 2.24) is 0 Å². The summed E-state index contributed by atoms with van der Waals surface area (Å²) in [5, 5.41) is -3.34. The predicted molar refractivity (Wildman–Crippen MR) is 77.2 cm³/mol. The lowest BCUT2D eigenvalue weighted by atomic mass is 9.48. The number of hydrogen-bond acceptors (Lipinski definition) is 4. The first-order valence-corrected chi connectivity index (χ1v) is 9.45. The molecular weight excluding hydrogens is 311 g/mol. The van der Waals surface area contributed by atoms with E-state index in [1.165, 1.54) is 6.92 Å². The molecule has 0 aromatic rings. The van der Waals surface area contributed by atoms with Gasteiger partial charge in [-0.2, -0.15) is 8.42 Å². The summed E-state index contributed by atoms with van der Waals surface area (Å²) in [6, 6.07) is 0. The molecule has 0 amide bonds. The van der Waals surface area contributed by atoms with Crippen LogP contribution in [0.15, 0.2) is 0 Å². The first kappa shape index (κ1) is 16.2. The summed E-state index contributed by atoms with van der Waals surface area (Å²) in [7, 11) is -5.17. The van der Waals surface area contributed by atoms with Gasteiger partial charge in [0.05, 0.1) is 6.61 Å². The molecule has 7 heteroatoms. The van der Waals surface area contributed by atoms with Crippen LogP contribution >= 0.6 is 0 Å². The highest BCUT2D eigenvalue weighted by Gasteiger charge is 2.61. The van der Waals surface area contributed by atoms with Crippen LogP contribution in [0, 0.1) is 23.2 Å². The molecule has 0 spiro atoms. The average molecular weight is 334 g/mol. The molecule has 0 heterocycles. The van der Waals surface area contributed by atoms with Crippen LogP contribution in [-0.2, 0) is 19.6 Å². The molecule has 4 fully saturated rings. The van der Waals surface area contributed by atoms with Crippen LogP contribution in [0.2, 0.25) is 0 Å². The molecule has 22 heavy (non-hydrogen) atoms. The third kappa shape index (κ3) is 2.56. The molecule has 0 aromatic carbocycles. The Morgan fingerprint density at radius 3 is 2.05 bits per heavy atom. The molecular formula is C15H23FO5S. The Balaban J connectivity index is 1.89. The van der Waals surface area contributed by atoms with Crippen LogP contribution in [0.1, 0.15) is 51.9 Å². The highest BCUT2D eigenvalue weighted by Crippen LogP contribution is 2.63. The Bertz CT molecular complexity index is 537. The van der Waals surface area contributed by atoms with E-state index >= 15 is 4.39 Å². The summed E-state index contributed by atoms with van der Waals surface area (Å²) in [4.78, 5) is 11.9. The normalized spacial score (nSPS) is 39.5. The van der Waals surface area contributed by atoms with Gasteiger partial charge in [0.25, 0.3) is 0 Å². The number of hydrogen-bond donors (Lipinski definition) is 1. The Labute approximate surface area is 130 Å². The summed E-state index contributed by atoms with van der Waals surface area (Å²) < 4.78 is 52.1. The number of esters is 1. The summed E-state index contributed by atoms with van der Waals surface area (Å²) >= 11 is 0. The standard InChI is InChI=1S/C15H23FO5S/c1-2-21-13(17)15(16,22(18,19)20)9-14-6-10-3-11(7-14)5-12(4-10)8-14/h10-12H,2-9H2,1H3,(H,18,19,20). The molecule has 0 aliphatic heterocycles. The largest absolute Gasteiger partial charge is 0.463 e. The van der Waals surface area contributed by atoms with Crippen LogP contribution in [0.5, 0.6) is 0 Å². The highest BCUT2D eigenvalue weighted by molar-refractivity contribution is 7.87. The molecule has 126 valence electrons. The van der Waals surface area contributed by atoms with Gasteiger partial charge in [0.1, 0.15) is 0 Å². The molecule has 1 unspecified atom stereocenters. The molecule has 0 aromatic heterocycles. The Morgan fingerprint density at radius 1 is 1.23 bits per heavy atom. The fourth-order valence-corrected chi connectivity index (χ4v) is 6.25. The van der Waals surface area contributed by atoms with Gasteiger partial charge in [0, 0.05) is 6.42 Å². The SMILES string of the molecule is CCOC(=O)C(F)(CC12CC3CC(CC(C3)C1)C2)S(=O)(=O)O. The molecule has 1 N–H and O–H groups in total. The minimum atomic E-state index is -5.17. The molecule has 5 nitrogen and oxygen atoms in total. The van der Waals surface area contributed by atoms with Gasteiger partial charge < -0.3 is 4.74 Å². The van der Waals surface area contributed by atoms with Crippen LogP contribution < -0.4 is 0 Å².